The molecular formula is C13H10F3N3O3. The Morgan fingerprint density at radius 1 is 1.27 bits per heavy atom. The number of halogens is 3. The second-order valence-electron chi connectivity index (χ2n) is 4.19. The summed E-state index contributed by atoms with van der Waals surface area (Å²) in [5.41, 5.74) is 0.000795. The normalized spacial score (nSPS) is 11.1. The van der Waals surface area contributed by atoms with Gasteiger partial charge in [-0.1, -0.05) is 12.1 Å². The molecule has 0 atom stereocenters. The number of para-hydroxylation sites is 1. The van der Waals surface area contributed by atoms with Gasteiger partial charge in [-0.15, -0.1) is 0 Å². The average Bonchev–Trinajstić information content (AvgIpc) is 2.87. The zero-order valence-electron chi connectivity index (χ0n) is 11.2. The molecule has 0 aliphatic heterocycles. The molecule has 1 heterocycles. The number of nitrogens with zero attached hydrogens (tertiary/aromatic N) is 1. The molecule has 2 rings (SSSR count). The number of nitrogens with one attached hydrogen (secondary N) is 2. The van der Waals surface area contributed by atoms with Crippen molar-refractivity contribution in [1.29, 1.82) is 0 Å². The molecule has 0 unspecified atom stereocenters. The minimum Gasteiger partial charge on any atom is -0.426 e. The zero-order chi connectivity index (χ0) is 16.3. The van der Waals surface area contributed by atoms with Crippen molar-refractivity contribution < 1.29 is 27.5 Å². The molecule has 0 radical (unpaired) electrons. The summed E-state index contributed by atoms with van der Waals surface area (Å²) >= 11 is 0. The fraction of sp³-hybridized carbons (Fsp3) is 0.154. The first-order chi connectivity index (χ1) is 10.3. The Morgan fingerprint density at radius 2 is 1.95 bits per heavy atom. The van der Waals surface area contributed by atoms with Crippen molar-refractivity contribution >= 4 is 17.7 Å². The Balaban J connectivity index is 2.19. The third kappa shape index (κ3) is 3.62. The van der Waals surface area contributed by atoms with Crippen LogP contribution in [-0.4, -0.2) is 21.8 Å². The van der Waals surface area contributed by atoms with Gasteiger partial charge in [0.1, 0.15) is 11.6 Å². The number of anilines is 1. The van der Waals surface area contributed by atoms with Gasteiger partial charge in [0.15, 0.2) is 0 Å². The molecule has 1 amide bonds. The number of esters is 1. The minimum atomic E-state index is -4.64. The second kappa shape index (κ2) is 5.88. The summed E-state index contributed by atoms with van der Waals surface area (Å²) < 4.78 is 42.1. The van der Waals surface area contributed by atoms with Crippen LogP contribution < -0.4 is 10.1 Å². The average molecular weight is 313 g/mol. The third-order valence-corrected chi connectivity index (χ3v) is 2.48. The fourth-order valence-corrected chi connectivity index (χ4v) is 1.62. The molecule has 0 spiro atoms. The Morgan fingerprint density at radius 3 is 2.55 bits per heavy atom. The van der Waals surface area contributed by atoms with Gasteiger partial charge in [-0.05, 0) is 12.1 Å². The van der Waals surface area contributed by atoms with Crippen molar-refractivity contribution in [2.24, 2.45) is 0 Å². The monoisotopic (exact) mass is 313 g/mol. The summed E-state index contributed by atoms with van der Waals surface area (Å²) in [6.45, 7) is 1.17. The highest BCUT2D eigenvalue weighted by molar-refractivity contribution is 6.06. The number of rotatable bonds is 3. The summed E-state index contributed by atoms with van der Waals surface area (Å²) in [5, 5.41) is 2.22. The SMILES string of the molecule is CC(=O)Oc1ccccc1C(=O)Nc1cnc(C(F)(F)F)[nH]1. The highest BCUT2D eigenvalue weighted by Crippen LogP contribution is 2.27. The molecule has 1 aromatic carbocycles. The molecule has 6 nitrogen and oxygen atoms in total. The number of alkyl halides is 3. The van der Waals surface area contributed by atoms with E-state index in [1.54, 1.807) is 6.07 Å². The van der Waals surface area contributed by atoms with Crippen molar-refractivity contribution in [2.75, 3.05) is 5.32 Å². The smallest absolute Gasteiger partial charge is 0.426 e. The number of aromatic nitrogens is 2. The summed E-state index contributed by atoms with van der Waals surface area (Å²) in [5.74, 6) is -2.82. The Bertz CT molecular complexity index is 710. The first-order valence-corrected chi connectivity index (χ1v) is 5.98. The van der Waals surface area contributed by atoms with Crippen LogP contribution in [0, 0.1) is 0 Å². The van der Waals surface area contributed by atoms with Gasteiger partial charge in [-0.2, -0.15) is 13.2 Å². The van der Waals surface area contributed by atoms with Crippen LogP contribution >= 0.6 is 0 Å². The Labute approximate surface area is 122 Å². The van der Waals surface area contributed by atoms with Crippen LogP contribution in [-0.2, 0) is 11.0 Å². The summed E-state index contributed by atoms with van der Waals surface area (Å²) in [7, 11) is 0. The highest BCUT2D eigenvalue weighted by Gasteiger charge is 2.34. The van der Waals surface area contributed by atoms with Gasteiger partial charge < -0.3 is 15.0 Å². The van der Waals surface area contributed by atoms with Gasteiger partial charge in [0.25, 0.3) is 5.91 Å². The lowest BCUT2D eigenvalue weighted by Crippen LogP contribution is -2.15. The van der Waals surface area contributed by atoms with Crippen molar-refractivity contribution in [1.82, 2.24) is 9.97 Å². The standard InChI is InChI=1S/C13H10F3N3O3/c1-7(20)22-9-5-3-2-4-8(9)11(21)18-10-6-17-12(19-10)13(14,15)16/h2-6H,1H3,(H,17,19)(H,18,21). The predicted molar refractivity (Wildman–Crippen MR) is 69.3 cm³/mol. The maximum Gasteiger partial charge on any atom is 0.449 e. The number of H-pyrrole nitrogens is 1. The number of hydrogen-bond donors (Lipinski definition) is 2. The molecule has 0 aliphatic carbocycles. The number of hydrogen-bond acceptors (Lipinski definition) is 4. The molecule has 0 fully saturated rings. The number of imidazole rings is 1. The molecular weight excluding hydrogens is 303 g/mol. The van der Waals surface area contributed by atoms with Crippen LogP contribution in [0.15, 0.2) is 30.5 Å². The molecule has 0 saturated heterocycles. The maximum absolute atomic E-state index is 12.4. The van der Waals surface area contributed by atoms with Crippen LogP contribution in [0.2, 0.25) is 0 Å². The number of benzene rings is 1. The van der Waals surface area contributed by atoms with E-state index in [2.05, 4.69) is 10.3 Å². The van der Waals surface area contributed by atoms with Crippen molar-refractivity contribution in [2.45, 2.75) is 13.1 Å². The van der Waals surface area contributed by atoms with Crippen molar-refractivity contribution in [3.63, 3.8) is 0 Å². The van der Waals surface area contributed by atoms with Crippen molar-refractivity contribution in [3.05, 3.63) is 41.9 Å². The van der Waals surface area contributed by atoms with E-state index in [-0.39, 0.29) is 17.1 Å². The van der Waals surface area contributed by atoms with Gasteiger partial charge in [-0.25, -0.2) is 4.98 Å². The Kier molecular flexibility index (Phi) is 4.15. The fourth-order valence-electron chi connectivity index (χ4n) is 1.62. The lowest BCUT2D eigenvalue weighted by atomic mass is 10.2. The van der Waals surface area contributed by atoms with Crippen molar-refractivity contribution in [3.8, 4) is 5.75 Å². The number of amides is 1. The van der Waals surface area contributed by atoms with Gasteiger partial charge in [-0.3, -0.25) is 9.59 Å². The van der Waals surface area contributed by atoms with Gasteiger partial charge in [0.2, 0.25) is 5.82 Å². The number of carbonyl (C=O) groups excluding carboxylic acids is 2. The van der Waals surface area contributed by atoms with Gasteiger partial charge in [0.05, 0.1) is 11.8 Å². The minimum absolute atomic E-state index is 0.000795. The Hall–Kier alpha value is -2.84. The van der Waals surface area contributed by atoms with E-state index in [4.69, 9.17) is 4.74 Å². The van der Waals surface area contributed by atoms with E-state index in [1.165, 1.54) is 25.1 Å². The third-order valence-electron chi connectivity index (χ3n) is 2.48. The largest absolute Gasteiger partial charge is 0.449 e. The molecule has 9 heteroatoms. The summed E-state index contributed by atoms with van der Waals surface area (Å²) in [6.07, 6.45) is -3.80. The molecule has 2 aromatic rings. The zero-order valence-corrected chi connectivity index (χ0v) is 11.2. The molecule has 0 saturated carbocycles. The molecule has 2 N–H and O–H groups in total. The van der Waals surface area contributed by atoms with E-state index in [9.17, 15) is 22.8 Å². The van der Waals surface area contributed by atoms with Crippen LogP contribution in [0.5, 0.6) is 5.75 Å². The molecule has 0 aliphatic rings. The van der Waals surface area contributed by atoms with Gasteiger partial charge >= 0.3 is 12.1 Å². The van der Waals surface area contributed by atoms with Crippen LogP contribution in [0.4, 0.5) is 19.0 Å². The molecule has 22 heavy (non-hydrogen) atoms. The number of carbonyl (C=O) groups is 2. The second-order valence-corrected chi connectivity index (χ2v) is 4.19. The highest BCUT2D eigenvalue weighted by atomic mass is 19.4. The quantitative estimate of drug-likeness (QED) is 0.674. The maximum atomic E-state index is 12.4. The summed E-state index contributed by atoms with van der Waals surface area (Å²) in [4.78, 5) is 28.1. The molecule has 116 valence electrons. The van der Waals surface area contributed by atoms with Crippen LogP contribution in [0.3, 0.4) is 0 Å². The van der Waals surface area contributed by atoms with E-state index in [1.807, 2.05) is 4.98 Å². The van der Waals surface area contributed by atoms with E-state index >= 15 is 0 Å². The lowest BCUT2D eigenvalue weighted by Gasteiger charge is -2.08. The first kappa shape index (κ1) is 15.5. The van der Waals surface area contributed by atoms with E-state index < -0.39 is 23.9 Å². The summed E-state index contributed by atoms with van der Waals surface area (Å²) in [6, 6.07) is 5.84. The number of aromatic amines is 1. The predicted octanol–water partition coefficient (Wildman–Crippen LogP) is 2.61. The molecule has 1 aromatic heterocycles. The van der Waals surface area contributed by atoms with Gasteiger partial charge in [0, 0.05) is 6.92 Å². The lowest BCUT2D eigenvalue weighted by molar-refractivity contribution is -0.144. The van der Waals surface area contributed by atoms with Crippen LogP contribution in [0.25, 0.3) is 0 Å². The van der Waals surface area contributed by atoms with E-state index in [0.29, 0.717) is 0 Å². The van der Waals surface area contributed by atoms with Crippen LogP contribution in [0.1, 0.15) is 23.1 Å². The van der Waals surface area contributed by atoms with E-state index in [0.717, 1.165) is 6.20 Å². The first-order valence-electron chi connectivity index (χ1n) is 5.98. The molecule has 0 bridgehead atoms. The number of ether oxygens (including phenoxy) is 1. The topological polar surface area (TPSA) is 84.1 Å².